The summed E-state index contributed by atoms with van der Waals surface area (Å²) in [6, 6.07) is 0. The van der Waals surface area contributed by atoms with Crippen molar-refractivity contribution in [2.75, 3.05) is 33.7 Å². The molecule has 0 aliphatic carbocycles. The third kappa shape index (κ3) is 2.41. The second-order valence-electron chi connectivity index (χ2n) is 5.06. The van der Waals surface area contributed by atoms with Gasteiger partial charge in [0.25, 0.3) is 0 Å². The smallest absolute Gasteiger partial charge is 0.233 e. The van der Waals surface area contributed by atoms with E-state index >= 15 is 0 Å². The third-order valence-corrected chi connectivity index (χ3v) is 3.14. The van der Waals surface area contributed by atoms with Gasteiger partial charge in [-0.1, -0.05) is 5.16 Å². The van der Waals surface area contributed by atoms with Gasteiger partial charge >= 0.3 is 0 Å². The van der Waals surface area contributed by atoms with Crippen LogP contribution in [0.1, 0.15) is 25.1 Å². The van der Waals surface area contributed by atoms with Gasteiger partial charge in [-0.15, -0.1) is 0 Å². The Hall–Kier alpha value is -0.940. The van der Waals surface area contributed by atoms with E-state index in [1.807, 2.05) is 14.1 Å². The molecule has 1 unspecified atom stereocenters. The fourth-order valence-electron chi connectivity index (χ4n) is 1.92. The highest BCUT2D eigenvalue weighted by atomic mass is 16.5. The predicted molar refractivity (Wildman–Crippen MR) is 61.4 cm³/mol. The van der Waals surface area contributed by atoms with E-state index in [4.69, 9.17) is 4.52 Å². The summed E-state index contributed by atoms with van der Waals surface area (Å²) in [4.78, 5) is 6.61. The Kier molecular flexibility index (Phi) is 3.25. The lowest BCUT2D eigenvalue weighted by molar-refractivity contribution is 0.303. The van der Waals surface area contributed by atoms with E-state index in [9.17, 15) is 0 Å². The van der Waals surface area contributed by atoms with Gasteiger partial charge in [-0.05, 0) is 34.0 Å². The number of likely N-dealkylation sites (N-methyl/N-ethyl adjacent to an activating group) is 1. The van der Waals surface area contributed by atoms with Crippen molar-refractivity contribution in [2.24, 2.45) is 0 Å². The van der Waals surface area contributed by atoms with Crippen molar-refractivity contribution >= 4 is 0 Å². The topological polar surface area (TPSA) is 54.2 Å². The third-order valence-electron chi connectivity index (χ3n) is 3.14. The molecule has 1 aliphatic rings. The van der Waals surface area contributed by atoms with Crippen LogP contribution in [0, 0.1) is 0 Å². The van der Waals surface area contributed by atoms with E-state index in [1.165, 1.54) is 0 Å². The highest BCUT2D eigenvalue weighted by Crippen LogP contribution is 2.28. The normalized spacial score (nSPS) is 25.5. The van der Waals surface area contributed by atoms with Crippen LogP contribution in [0.3, 0.4) is 0 Å². The minimum atomic E-state index is 0.0311. The Bertz CT molecular complexity index is 342. The Morgan fingerprint density at radius 3 is 2.94 bits per heavy atom. The largest absolute Gasteiger partial charge is 0.339 e. The fourth-order valence-corrected chi connectivity index (χ4v) is 1.92. The first-order valence-corrected chi connectivity index (χ1v) is 5.79. The number of hydrogen-bond acceptors (Lipinski definition) is 5. The number of aromatic nitrogens is 2. The standard InChI is InChI=1S/C11H20N4O/c1-11(5-6-12-8-11)10-13-9(14-16-10)4-7-15(2)3/h12H,4-8H2,1-3H3. The van der Waals surface area contributed by atoms with Crippen LogP contribution in [-0.4, -0.2) is 48.8 Å². The van der Waals surface area contributed by atoms with Gasteiger partial charge in [0, 0.05) is 19.5 Å². The molecular weight excluding hydrogens is 204 g/mol. The van der Waals surface area contributed by atoms with E-state index in [-0.39, 0.29) is 5.41 Å². The SMILES string of the molecule is CN(C)CCc1noc(C2(C)CCNC2)n1. The Balaban J connectivity index is 2.01. The molecule has 5 heteroatoms. The molecular formula is C11H20N4O. The quantitative estimate of drug-likeness (QED) is 0.803. The average molecular weight is 224 g/mol. The van der Waals surface area contributed by atoms with Gasteiger partial charge in [0.15, 0.2) is 5.82 Å². The molecule has 0 spiro atoms. The van der Waals surface area contributed by atoms with E-state index < -0.39 is 0 Å². The first-order valence-electron chi connectivity index (χ1n) is 5.79. The predicted octanol–water partition coefficient (Wildman–Crippen LogP) is 0.425. The lowest BCUT2D eigenvalue weighted by atomic mass is 9.90. The van der Waals surface area contributed by atoms with Gasteiger partial charge in [-0.25, -0.2) is 0 Å². The molecule has 2 heterocycles. The van der Waals surface area contributed by atoms with Crippen LogP contribution in [0.15, 0.2) is 4.52 Å². The monoisotopic (exact) mass is 224 g/mol. The zero-order valence-corrected chi connectivity index (χ0v) is 10.3. The van der Waals surface area contributed by atoms with Crippen LogP contribution in [-0.2, 0) is 11.8 Å². The lowest BCUT2D eigenvalue weighted by Gasteiger charge is -2.15. The zero-order valence-electron chi connectivity index (χ0n) is 10.3. The van der Waals surface area contributed by atoms with Gasteiger partial charge in [0.2, 0.25) is 5.89 Å². The summed E-state index contributed by atoms with van der Waals surface area (Å²) in [6.07, 6.45) is 1.92. The number of rotatable bonds is 4. The summed E-state index contributed by atoms with van der Waals surface area (Å²) in [6.45, 7) is 5.10. The van der Waals surface area contributed by atoms with Crippen molar-refractivity contribution in [3.63, 3.8) is 0 Å². The van der Waals surface area contributed by atoms with Gasteiger partial charge < -0.3 is 14.7 Å². The zero-order chi connectivity index (χ0) is 11.6. The number of nitrogens with zero attached hydrogens (tertiary/aromatic N) is 3. The molecule has 1 atom stereocenters. The average Bonchev–Trinajstić information content (AvgIpc) is 2.84. The molecule has 1 aliphatic heterocycles. The summed E-state index contributed by atoms with van der Waals surface area (Å²) in [5, 5.41) is 7.37. The van der Waals surface area contributed by atoms with E-state index in [1.54, 1.807) is 0 Å². The maximum absolute atomic E-state index is 5.36. The molecule has 16 heavy (non-hydrogen) atoms. The highest BCUT2D eigenvalue weighted by molar-refractivity contribution is 5.07. The van der Waals surface area contributed by atoms with Crippen LogP contribution in [0.25, 0.3) is 0 Å². The molecule has 1 saturated heterocycles. The fraction of sp³-hybridized carbons (Fsp3) is 0.818. The maximum Gasteiger partial charge on any atom is 0.233 e. The summed E-state index contributed by atoms with van der Waals surface area (Å²) in [7, 11) is 4.09. The summed E-state index contributed by atoms with van der Waals surface area (Å²) < 4.78 is 5.36. The van der Waals surface area contributed by atoms with Gasteiger partial charge in [-0.2, -0.15) is 4.98 Å². The molecule has 0 aromatic carbocycles. The first-order chi connectivity index (χ1) is 7.60. The number of hydrogen-bond donors (Lipinski definition) is 1. The molecule has 1 fully saturated rings. The van der Waals surface area contributed by atoms with Crippen molar-refractivity contribution in [2.45, 2.75) is 25.2 Å². The van der Waals surface area contributed by atoms with Gasteiger partial charge in [-0.3, -0.25) is 0 Å². The summed E-state index contributed by atoms with van der Waals surface area (Å²) in [5.41, 5.74) is 0.0311. The minimum absolute atomic E-state index is 0.0311. The Morgan fingerprint density at radius 2 is 2.31 bits per heavy atom. The second kappa shape index (κ2) is 4.51. The first kappa shape index (κ1) is 11.5. The summed E-state index contributed by atoms with van der Waals surface area (Å²) in [5.74, 6) is 1.60. The molecule has 2 rings (SSSR count). The molecule has 90 valence electrons. The van der Waals surface area contributed by atoms with E-state index in [2.05, 4.69) is 27.3 Å². The molecule has 1 N–H and O–H groups in total. The molecule has 1 aromatic heterocycles. The molecule has 0 amide bonds. The highest BCUT2D eigenvalue weighted by Gasteiger charge is 2.35. The molecule has 0 radical (unpaired) electrons. The van der Waals surface area contributed by atoms with Crippen molar-refractivity contribution in [3.8, 4) is 0 Å². The summed E-state index contributed by atoms with van der Waals surface area (Å²) >= 11 is 0. The number of nitrogens with one attached hydrogen (secondary N) is 1. The van der Waals surface area contributed by atoms with E-state index in [0.717, 1.165) is 44.2 Å². The Morgan fingerprint density at radius 1 is 1.50 bits per heavy atom. The second-order valence-corrected chi connectivity index (χ2v) is 5.06. The van der Waals surface area contributed by atoms with Crippen molar-refractivity contribution in [1.82, 2.24) is 20.4 Å². The van der Waals surface area contributed by atoms with Gasteiger partial charge in [0.05, 0.1) is 5.41 Å². The van der Waals surface area contributed by atoms with E-state index in [0.29, 0.717) is 0 Å². The molecule has 0 bridgehead atoms. The van der Waals surface area contributed by atoms with Crippen molar-refractivity contribution < 1.29 is 4.52 Å². The lowest BCUT2D eigenvalue weighted by Crippen LogP contribution is -2.25. The molecule has 5 nitrogen and oxygen atoms in total. The maximum atomic E-state index is 5.36. The van der Waals surface area contributed by atoms with Crippen LogP contribution in [0.2, 0.25) is 0 Å². The minimum Gasteiger partial charge on any atom is -0.339 e. The van der Waals surface area contributed by atoms with Crippen molar-refractivity contribution in [3.05, 3.63) is 11.7 Å². The molecule has 1 aromatic rings. The van der Waals surface area contributed by atoms with Crippen molar-refractivity contribution in [1.29, 1.82) is 0 Å². The van der Waals surface area contributed by atoms with Crippen LogP contribution in [0.4, 0.5) is 0 Å². The van der Waals surface area contributed by atoms with Crippen LogP contribution in [0.5, 0.6) is 0 Å². The molecule has 0 saturated carbocycles. The van der Waals surface area contributed by atoms with Crippen LogP contribution < -0.4 is 5.32 Å². The Labute approximate surface area is 96.2 Å². The van der Waals surface area contributed by atoms with Gasteiger partial charge in [0.1, 0.15) is 0 Å². The van der Waals surface area contributed by atoms with Crippen LogP contribution >= 0.6 is 0 Å².